The average Bonchev–Trinajstić information content (AvgIpc) is 3.08. The van der Waals surface area contributed by atoms with Gasteiger partial charge in [0, 0.05) is 36.0 Å². The van der Waals surface area contributed by atoms with E-state index >= 15 is 0 Å². The van der Waals surface area contributed by atoms with Crippen LogP contribution < -0.4 is 10.6 Å². The van der Waals surface area contributed by atoms with E-state index in [-0.39, 0.29) is 35.6 Å². The molecule has 1 aromatic heterocycles. The Morgan fingerprint density at radius 3 is 2.64 bits per heavy atom. The molecule has 0 spiro atoms. The monoisotopic (exact) mass is 404 g/mol. The number of fused-ring (bicyclic) bond motifs is 1. The van der Waals surface area contributed by atoms with Crippen molar-refractivity contribution < 1.29 is 23.8 Å². The molecule has 4 rings (SSSR count). The highest BCUT2D eigenvalue weighted by atomic mass is 35.5. The van der Waals surface area contributed by atoms with Crippen LogP contribution in [0.2, 0.25) is 5.02 Å². The second-order valence-corrected chi connectivity index (χ2v) is 7.56. The molecule has 2 aromatic rings. The number of hydrogen-bond donors (Lipinski definition) is 3. The second kappa shape index (κ2) is 7.58. The number of amides is 2. The van der Waals surface area contributed by atoms with Crippen molar-refractivity contribution in [2.24, 2.45) is 11.8 Å². The zero-order valence-corrected chi connectivity index (χ0v) is 16.0. The van der Waals surface area contributed by atoms with E-state index < -0.39 is 11.8 Å². The van der Waals surface area contributed by atoms with E-state index in [0.29, 0.717) is 35.6 Å². The van der Waals surface area contributed by atoms with Gasteiger partial charge in [-0.3, -0.25) is 9.59 Å². The third-order valence-corrected chi connectivity index (χ3v) is 5.69. The van der Waals surface area contributed by atoms with Crippen molar-refractivity contribution in [1.82, 2.24) is 10.6 Å². The molecule has 2 unspecified atom stereocenters. The Morgan fingerprint density at radius 1 is 1.25 bits per heavy atom. The summed E-state index contributed by atoms with van der Waals surface area (Å²) in [5.74, 6) is -0.447. The highest BCUT2D eigenvalue weighted by molar-refractivity contribution is 6.30. The number of rotatable bonds is 6. The number of furan rings is 1. The van der Waals surface area contributed by atoms with Crippen molar-refractivity contribution in [2.75, 3.05) is 26.9 Å². The Labute approximate surface area is 167 Å². The van der Waals surface area contributed by atoms with Gasteiger partial charge >= 0.3 is 0 Å². The SMILES string of the molecule is CNC(=O)c1cc(C(=O)NC2[C@H]3COC[C@@H]23)c(C(CO)c2cccc(Cl)c2)o1. The van der Waals surface area contributed by atoms with E-state index in [0.717, 1.165) is 0 Å². The maximum absolute atomic E-state index is 12.9. The van der Waals surface area contributed by atoms with Gasteiger partial charge in [-0.15, -0.1) is 0 Å². The van der Waals surface area contributed by atoms with Crippen LogP contribution in [-0.4, -0.2) is 49.8 Å². The normalized spacial score (nSPS) is 23.8. The maximum atomic E-state index is 12.9. The Kier molecular flexibility index (Phi) is 5.14. The largest absolute Gasteiger partial charge is 0.454 e. The van der Waals surface area contributed by atoms with Crippen LogP contribution in [0.3, 0.4) is 0 Å². The molecule has 1 saturated carbocycles. The summed E-state index contributed by atoms with van der Waals surface area (Å²) in [6, 6.07) is 8.47. The third kappa shape index (κ3) is 3.41. The van der Waals surface area contributed by atoms with Crippen LogP contribution in [0, 0.1) is 11.8 Å². The molecule has 148 valence electrons. The van der Waals surface area contributed by atoms with Gasteiger partial charge in [-0.05, 0) is 17.7 Å². The number of carbonyl (C=O) groups excluding carboxylic acids is 2. The first kappa shape index (κ1) is 19.0. The fraction of sp³-hybridized carbons (Fsp3) is 0.400. The highest BCUT2D eigenvalue weighted by Crippen LogP contribution is 2.44. The molecular weight excluding hydrogens is 384 g/mol. The zero-order chi connectivity index (χ0) is 19.8. The molecule has 2 heterocycles. The second-order valence-electron chi connectivity index (χ2n) is 7.12. The third-order valence-electron chi connectivity index (χ3n) is 5.46. The molecule has 2 aliphatic rings. The molecule has 1 aliphatic heterocycles. The number of benzene rings is 1. The number of aliphatic hydroxyl groups excluding tert-OH is 1. The van der Waals surface area contributed by atoms with Crippen molar-refractivity contribution in [3.8, 4) is 0 Å². The zero-order valence-electron chi connectivity index (χ0n) is 15.3. The molecular formula is C20H21ClN2O5. The Morgan fingerprint density at radius 2 is 2.00 bits per heavy atom. The lowest BCUT2D eigenvalue weighted by Crippen LogP contribution is -2.30. The van der Waals surface area contributed by atoms with Gasteiger partial charge in [0.05, 0.1) is 31.3 Å². The van der Waals surface area contributed by atoms with E-state index in [4.69, 9.17) is 20.8 Å². The lowest BCUT2D eigenvalue weighted by atomic mass is 9.94. The predicted octanol–water partition coefficient (Wildman–Crippen LogP) is 1.79. The Balaban J connectivity index is 1.67. The van der Waals surface area contributed by atoms with Crippen LogP contribution in [0.15, 0.2) is 34.7 Å². The van der Waals surface area contributed by atoms with Gasteiger partial charge in [0.25, 0.3) is 11.8 Å². The van der Waals surface area contributed by atoms with E-state index in [1.54, 1.807) is 24.3 Å². The highest BCUT2D eigenvalue weighted by Gasteiger charge is 2.55. The smallest absolute Gasteiger partial charge is 0.286 e. The van der Waals surface area contributed by atoms with Gasteiger partial charge in [0.15, 0.2) is 5.76 Å². The molecule has 0 radical (unpaired) electrons. The van der Waals surface area contributed by atoms with Crippen LogP contribution in [0.25, 0.3) is 0 Å². The first-order chi connectivity index (χ1) is 13.5. The van der Waals surface area contributed by atoms with E-state index in [1.807, 2.05) is 0 Å². The van der Waals surface area contributed by atoms with Crippen LogP contribution in [0.5, 0.6) is 0 Å². The Bertz CT molecular complexity index is 902. The molecule has 1 aromatic carbocycles. The number of ether oxygens (including phenoxy) is 1. The van der Waals surface area contributed by atoms with Crippen molar-refractivity contribution in [2.45, 2.75) is 12.0 Å². The molecule has 2 fully saturated rings. The summed E-state index contributed by atoms with van der Waals surface area (Å²) in [5, 5.41) is 16.0. The lowest BCUT2D eigenvalue weighted by molar-refractivity contribution is 0.0917. The van der Waals surface area contributed by atoms with Crippen LogP contribution in [0.1, 0.15) is 38.2 Å². The van der Waals surface area contributed by atoms with Crippen molar-refractivity contribution >= 4 is 23.4 Å². The van der Waals surface area contributed by atoms with Crippen molar-refractivity contribution in [3.63, 3.8) is 0 Å². The van der Waals surface area contributed by atoms with Gasteiger partial charge in [0.2, 0.25) is 0 Å². The maximum Gasteiger partial charge on any atom is 0.286 e. The molecule has 7 nitrogen and oxygen atoms in total. The van der Waals surface area contributed by atoms with Gasteiger partial charge < -0.3 is 24.9 Å². The van der Waals surface area contributed by atoms with Gasteiger partial charge in [0.1, 0.15) is 5.76 Å². The fourth-order valence-corrected chi connectivity index (χ4v) is 4.02. The first-order valence-corrected chi connectivity index (χ1v) is 9.52. The number of hydrogen-bond acceptors (Lipinski definition) is 5. The molecule has 0 bridgehead atoms. The summed E-state index contributed by atoms with van der Waals surface area (Å²) >= 11 is 6.08. The molecule has 4 atom stereocenters. The van der Waals surface area contributed by atoms with Gasteiger partial charge in [-0.25, -0.2) is 0 Å². The Hall–Kier alpha value is -2.35. The van der Waals surface area contributed by atoms with Gasteiger partial charge in [-0.2, -0.15) is 0 Å². The van der Waals surface area contributed by atoms with E-state index in [1.165, 1.54) is 13.1 Å². The summed E-state index contributed by atoms with van der Waals surface area (Å²) < 4.78 is 11.1. The number of aliphatic hydroxyl groups is 1. The number of carbonyl (C=O) groups is 2. The molecule has 1 aliphatic carbocycles. The van der Waals surface area contributed by atoms with E-state index in [9.17, 15) is 14.7 Å². The minimum atomic E-state index is -0.625. The van der Waals surface area contributed by atoms with Crippen LogP contribution >= 0.6 is 11.6 Å². The summed E-state index contributed by atoms with van der Waals surface area (Å²) in [7, 11) is 1.48. The molecule has 2 amide bonds. The summed E-state index contributed by atoms with van der Waals surface area (Å²) in [6.07, 6.45) is 0. The number of halogens is 1. The van der Waals surface area contributed by atoms with Crippen molar-refractivity contribution in [1.29, 1.82) is 0 Å². The predicted molar refractivity (Wildman–Crippen MR) is 102 cm³/mol. The fourth-order valence-electron chi connectivity index (χ4n) is 3.82. The van der Waals surface area contributed by atoms with Gasteiger partial charge in [-0.1, -0.05) is 23.7 Å². The quantitative estimate of drug-likeness (QED) is 0.681. The number of nitrogens with one attached hydrogen (secondary N) is 2. The summed E-state index contributed by atoms with van der Waals surface area (Å²) in [6.45, 7) is 1.00. The minimum Gasteiger partial charge on any atom is -0.454 e. The minimum absolute atomic E-state index is 0.0162. The molecule has 1 saturated heterocycles. The topological polar surface area (TPSA) is 101 Å². The van der Waals surface area contributed by atoms with Crippen LogP contribution in [0.4, 0.5) is 0 Å². The van der Waals surface area contributed by atoms with E-state index in [2.05, 4.69) is 10.6 Å². The lowest BCUT2D eigenvalue weighted by Gasteiger charge is -2.15. The molecule has 8 heteroatoms. The average molecular weight is 405 g/mol. The first-order valence-electron chi connectivity index (χ1n) is 9.14. The van der Waals surface area contributed by atoms with Crippen molar-refractivity contribution in [3.05, 3.63) is 58.0 Å². The molecule has 28 heavy (non-hydrogen) atoms. The standard InChI is InChI=1S/C20H21ClN2O5/c1-22-20(26)16-6-12(19(25)23-17-14-8-27-9-15(14)17)18(28-16)13(7-24)10-3-2-4-11(21)5-10/h2-6,13-15,17,24H,7-9H2,1H3,(H,22,26)(H,23,25)/t13?,14-,15+,17?. The summed E-state index contributed by atoms with van der Waals surface area (Å²) in [5.41, 5.74) is 0.932. The van der Waals surface area contributed by atoms with Crippen LogP contribution in [-0.2, 0) is 4.74 Å². The molecule has 3 N–H and O–H groups in total. The summed E-state index contributed by atoms with van der Waals surface area (Å²) in [4.78, 5) is 25.0.